The molecule has 0 radical (unpaired) electrons. The van der Waals surface area contributed by atoms with Gasteiger partial charge in [-0.25, -0.2) is 9.97 Å². The lowest BCUT2D eigenvalue weighted by Gasteiger charge is -2.25. The fourth-order valence-electron chi connectivity index (χ4n) is 1.69. The maximum Gasteiger partial charge on any atom is 0.222 e. The van der Waals surface area contributed by atoms with E-state index in [-0.39, 0.29) is 5.54 Å². The van der Waals surface area contributed by atoms with Crippen molar-refractivity contribution in [2.75, 3.05) is 11.9 Å². The molecule has 0 amide bonds. The molecule has 0 atom stereocenters. The van der Waals surface area contributed by atoms with E-state index in [1.165, 1.54) is 24.8 Å². The molecule has 0 saturated heterocycles. The first-order chi connectivity index (χ1) is 7.54. The standard InChI is InChI=1S/C12H20N4/c1-12(2,13)8-16-11-14-6-10(7-15-11)9-4-3-5-9/h6-7,9H,3-5,8,13H2,1-2H3,(H,14,15,16). The van der Waals surface area contributed by atoms with Gasteiger partial charge in [0.2, 0.25) is 5.95 Å². The smallest absolute Gasteiger partial charge is 0.222 e. The summed E-state index contributed by atoms with van der Waals surface area (Å²) in [7, 11) is 0. The summed E-state index contributed by atoms with van der Waals surface area (Å²) in [5.74, 6) is 1.36. The van der Waals surface area contributed by atoms with Crippen molar-refractivity contribution in [2.45, 2.75) is 44.6 Å². The predicted octanol–water partition coefficient (Wildman–Crippen LogP) is 1.89. The molecule has 4 heteroatoms. The van der Waals surface area contributed by atoms with Gasteiger partial charge in [-0.15, -0.1) is 0 Å². The lowest BCUT2D eigenvalue weighted by molar-refractivity contribution is 0.418. The van der Waals surface area contributed by atoms with Gasteiger partial charge in [0.1, 0.15) is 0 Å². The fraction of sp³-hybridized carbons (Fsp3) is 0.667. The molecule has 88 valence electrons. The highest BCUT2D eigenvalue weighted by Crippen LogP contribution is 2.35. The van der Waals surface area contributed by atoms with Crippen LogP contribution in [0.15, 0.2) is 12.4 Å². The molecule has 1 fully saturated rings. The van der Waals surface area contributed by atoms with Crippen LogP contribution < -0.4 is 11.1 Å². The molecular weight excluding hydrogens is 200 g/mol. The number of nitrogens with one attached hydrogen (secondary N) is 1. The zero-order valence-corrected chi connectivity index (χ0v) is 10.0. The van der Waals surface area contributed by atoms with Crippen molar-refractivity contribution in [1.29, 1.82) is 0 Å². The zero-order valence-electron chi connectivity index (χ0n) is 10.0. The Bertz CT molecular complexity index is 335. The number of hydrogen-bond acceptors (Lipinski definition) is 4. The number of hydrogen-bond donors (Lipinski definition) is 2. The Labute approximate surface area is 96.7 Å². The van der Waals surface area contributed by atoms with Crippen LogP contribution in [0.1, 0.15) is 44.6 Å². The summed E-state index contributed by atoms with van der Waals surface area (Å²) in [6.45, 7) is 4.63. The Morgan fingerprint density at radius 1 is 1.38 bits per heavy atom. The lowest BCUT2D eigenvalue weighted by Crippen LogP contribution is -2.39. The number of rotatable bonds is 4. The van der Waals surface area contributed by atoms with E-state index >= 15 is 0 Å². The van der Waals surface area contributed by atoms with E-state index in [0.717, 1.165) is 0 Å². The van der Waals surface area contributed by atoms with Crippen molar-refractivity contribution < 1.29 is 0 Å². The minimum absolute atomic E-state index is 0.240. The summed E-state index contributed by atoms with van der Waals surface area (Å²) in [6.07, 6.45) is 7.77. The monoisotopic (exact) mass is 220 g/mol. The van der Waals surface area contributed by atoms with Gasteiger partial charge in [0, 0.05) is 24.5 Å². The summed E-state index contributed by atoms with van der Waals surface area (Å²) >= 11 is 0. The third-order valence-electron chi connectivity index (χ3n) is 2.95. The normalized spacial score (nSPS) is 16.9. The van der Waals surface area contributed by atoms with Gasteiger partial charge in [-0.2, -0.15) is 0 Å². The van der Waals surface area contributed by atoms with Crippen LogP contribution in [0.4, 0.5) is 5.95 Å². The minimum Gasteiger partial charge on any atom is -0.352 e. The van der Waals surface area contributed by atoms with E-state index in [1.807, 2.05) is 26.2 Å². The molecule has 1 saturated carbocycles. The molecule has 1 aromatic rings. The Morgan fingerprint density at radius 3 is 2.44 bits per heavy atom. The molecule has 1 aliphatic carbocycles. The van der Waals surface area contributed by atoms with Crippen molar-refractivity contribution in [3.63, 3.8) is 0 Å². The average molecular weight is 220 g/mol. The van der Waals surface area contributed by atoms with E-state index < -0.39 is 0 Å². The van der Waals surface area contributed by atoms with Crippen molar-refractivity contribution in [1.82, 2.24) is 9.97 Å². The molecule has 0 aromatic carbocycles. The molecule has 0 aliphatic heterocycles. The predicted molar refractivity (Wildman–Crippen MR) is 65.4 cm³/mol. The topological polar surface area (TPSA) is 63.8 Å². The highest BCUT2D eigenvalue weighted by atomic mass is 15.1. The Kier molecular flexibility index (Phi) is 3.10. The molecule has 1 aliphatic rings. The Morgan fingerprint density at radius 2 is 2.00 bits per heavy atom. The Balaban J connectivity index is 1.91. The highest BCUT2D eigenvalue weighted by molar-refractivity contribution is 5.27. The maximum absolute atomic E-state index is 5.87. The van der Waals surface area contributed by atoms with Gasteiger partial charge in [0.05, 0.1) is 0 Å². The molecule has 0 spiro atoms. The van der Waals surface area contributed by atoms with Crippen LogP contribution in [0.2, 0.25) is 0 Å². The van der Waals surface area contributed by atoms with Crippen molar-refractivity contribution in [2.24, 2.45) is 5.73 Å². The summed E-state index contributed by atoms with van der Waals surface area (Å²) in [4.78, 5) is 8.61. The first-order valence-corrected chi connectivity index (χ1v) is 5.89. The SMILES string of the molecule is CC(C)(N)CNc1ncc(C2CCC2)cn1. The van der Waals surface area contributed by atoms with E-state index in [9.17, 15) is 0 Å². The third kappa shape index (κ3) is 2.92. The van der Waals surface area contributed by atoms with Crippen LogP contribution in [0.5, 0.6) is 0 Å². The van der Waals surface area contributed by atoms with Crippen LogP contribution in [-0.4, -0.2) is 22.1 Å². The first-order valence-electron chi connectivity index (χ1n) is 5.89. The van der Waals surface area contributed by atoms with E-state index in [0.29, 0.717) is 18.4 Å². The summed E-state index contributed by atoms with van der Waals surface area (Å²) in [5.41, 5.74) is 6.90. The second kappa shape index (κ2) is 4.37. The second-order valence-electron chi connectivity index (χ2n) is 5.31. The van der Waals surface area contributed by atoms with Gasteiger partial charge in [-0.3, -0.25) is 0 Å². The number of anilines is 1. The molecule has 3 N–H and O–H groups in total. The number of nitrogens with zero attached hydrogens (tertiary/aromatic N) is 2. The number of nitrogens with two attached hydrogens (primary N) is 1. The van der Waals surface area contributed by atoms with Crippen LogP contribution in [0.3, 0.4) is 0 Å². The van der Waals surface area contributed by atoms with Crippen molar-refractivity contribution >= 4 is 5.95 Å². The van der Waals surface area contributed by atoms with Crippen LogP contribution in [0.25, 0.3) is 0 Å². The quantitative estimate of drug-likeness (QED) is 0.813. The average Bonchev–Trinajstić information content (AvgIpc) is 2.13. The largest absolute Gasteiger partial charge is 0.352 e. The zero-order chi connectivity index (χ0) is 11.6. The Hall–Kier alpha value is -1.16. The van der Waals surface area contributed by atoms with Gasteiger partial charge >= 0.3 is 0 Å². The fourth-order valence-corrected chi connectivity index (χ4v) is 1.69. The molecule has 16 heavy (non-hydrogen) atoms. The van der Waals surface area contributed by atoms with E-state index in [1.54, 1.807) is 0 Å². The summed E-state index contributed by atoms with van der Waals surface area (Å²) in [6, 6.07) is 0. The highest BCUT2D eigenvalue weighted by Gasteiger charge is 2.20. The maximum atomic E-state index is 5.87. The van der Waals surface area contributed by atoms with Crippen molar-refractivity contribution in [3.8, 4) is 0 Å². The molecule has 0 unspecified atom stereocenters. The van der Waals surface area contributed by atoms with Gasteiger partial charge in [-0.05, 0) is 38.2 Å². The van der Waals surface area contributed by atoms with Crippen LogP contribution in [0, 0.1) is 0 Å². The molecule has 4 nitrogen and oxygen atoms in total. The van der Waals surface area contributed by atoms with Crippen molar-refractivity contribution in [3.05, 3.63) is 18.0 Å². The molecule has 1 aromatic heterocycles. The van der Waals surface area contributed by atoms with Crippen LogP contribution >= 0.6 is 0 Å². The first kappa shape index (κ1) is 11.3. The van der Waals surface area contributed by atoms with Crippen LogP contribution in [-0.2, 0) is 0 Å². The van der Waals surface area contributed by atoms with Gasteiger partial charge < -0.3 is 11.1 Å². The van der Waals surface area contributed by atoms with Gasteiger partial charge in [0.25, 0.3) is 0 Å². The molecular formula is C12H20N4. The second-order valence-corrected chi connectivity index (χ2v) is 5.31. The minimum atomic E-state index is -0.240. The third-order valence-corrected chi connectivity index (χ3v) is 2.95. The molecule has 0 bridgehead atoms. The van der Waals surface area contributed by atoms with E-state index in [4.69, 9.17) is 5.73 Å². The van der Waals surface area contributed by atoms with Gasteiger partial charge in [0.15, 0.2) is 0 Å². The summed E-state index contributed by atoms with van der Waals surface area (Å²) in [5, 5.41) is 3.14. The molecule has 1 heterocycles. The molecule has 2 rings (SSSR count). The van der Waals surface area contributed by atoms with E-state index in [2.05, 4.69) is 15.3 Å². The summed E-state index contributed by atoms with van der Waals surface area (Å²) < 4.78 is 0. The van der Waals surface area contributed by atoms with Gasteiger partial charge in [-0.1, -0.05) is 6.42 Å². The lowest BCUT2D eigenvalue weighted by atomic mass is 9.81. The number of aromatic nitrogens is 2.